The van der Waals surface area contributed by atoms with E-state index in [4.69, 9.17) is 0 Å². The number of aliphatic carboxylic acids is 1. The summed E-state index contributed by atoms with van der Waals surface area (Å²) in [4.78, 5) is 18.2. The normalized spacial score (nSPS) is 30.4. The first-order valence-corrected chi connectivity index (χ1v) is 7.62. The Hall–Kier alpha value is -1.50. The second-order valence-corrected chi connectivity index (χ2v) is 5.86. The summed E-state index contributed by atoms with van der Waals surface area (Å²) in [6.07, 6.45) is 5.32. The summed E-state index contributed by atoms with van der Waals surface area (Å²) in [6, 6.07) is 5.84. The second-order valence-electron chi connectivity index (χ2n) is 5.86. The van der Waals surface area contributed by atoms with Gasteiger partial charge in [-0.25, -0.2) is 5.43 Å². The fourth-order valence-corrected chi connectivity index (χ4v) is 3.39. The summed E-state index contributed by atoms with van der Waals surface area (Å²) in [6.45, 7) is 2.50. The maximum absolute atomic E-state index is 11.3. The predicted octanol–water partition coefficient (Wildman–Crippen LogP) is 0.786. The molecular formula is C15H22N4O2. The molecule has 6 heteroatoms. The van der Waals surface area contributed by atoms with Gasteiger partial charge in [0.25, 0.3) is 0 Å². The molecular weight excluding hydrogens is 268 g/mol. The van der Waals surface area contributed by atoms with Gasteiger partial charge in [-0.1, -0.05) is 12.5 Å². The average molecular weight is 290 g/mol. The molecule has 0 radical (unpaired) electrons. The molecule has 3 unspecified atom stereocenters. The van der Waals surface area contributed by atoms with Crippen molar-refractivity contribution >= 4 is 5.97 Å². The van der Waals surface area contributed by atoms with Crippen molar-refractivity contribution in [3.63, 3.8) is 0 Å². The Balaban J connectivity index is 1.71. The number of nitrogens with zero attached hydrogens (tertiary/aromatic N) is 2. The number of carbonyl (C=O) groups is 1. The number of pyridine rings is 1. The van der Waals surface area contributed by atoms with E-state index in [1.54, 1.807) is 0 Å². The Kier molecular flexibility index (Phi) is 4.48. The van der Waals surface area contributed by atoms with Gasteiger partial charge < -0.3 is 5.11 Å². The van der Waals surface area contributed by atoms with E-state index in [9.17, 15) is 9.90 Å². The zero-order valence-corrected chi connectivity index (χ0v) is 12.0. The number of carboxylic acid groups (broad SMARTS) is 1. The van der Waals surface area contributed by atoms with E-state index in [2.05, 4.69) is 26.8 Å². The predicted molar refractivity (Wildman–Crippen MR) is 78.5 cm³/mol. The molecule has 0 spiro atoms. The topological polar surface area (TPSA) is 77.5 Å². The molecule has 2 aliphatic heterocycles. The molecule has 3 rings (SSSR count). The lowest BCUT2D eigenvalue weighted by Crippen LogP contribution is -2.44. The van der Waals surface area contributed by atoms with Crippen molar-refractivity contribution in [2.45, 2.75) is 31.3 Å². The minimum atomic E-state index is -0.781. The molecule has 2 fully saturated rings. The number of likely N-dealkylation sites (tertiary alicyclic amines) is 1. The SMILES string of the molecule is O=C(O)C1NNCC1CN1CCCCC1c1ccccn1. The van der Waals surface area contributed by atoms with Gasteiger partial charge in [-0.05, 0) is 31.5 Å². The van der Waals surface area contributed by atoms with Gasteiger partial charge in [0, 0.05) is 25.2 Å². The third-order valence-electron chi connectivity index (χ3n) is 4.47. The smallest absolute Gasteiger partial charge is 0.322 e. The van der Waals surface area contributed by atoms with Gasteiger partial charge in [0.05, 0.1) is 11.7 Å². The molecule has 21 heavy (non-hydrogen) atoms. The lowest BCUT2D eigenvalue weighted by atomic mass is 9.95. The van der Waals surface area contributed by atoms with Crippen molar-refractivity contribution in [1.82, 2.24) is 20.7 Å². The van der Waals surface area contributed by atoms with Crippen molar-refractivity contribution in [2.24, 2.45) is 5.92 Å². The van der Waals surface area contributed by atoms with Crippen LogP contribution in [0.5, 0.6) is 0 Å². The number of rotatable bonds is 4. The van der Waals surface area contributed by atoms with Crippen LogP contribution in [0.2, 0.25) is 0 Å². The fourth-order valence-electron chi connectivity index (χ4n) is 3.39. The summed E-state index contributed by atoms with van der Waals surface area (Å²) in [7, 11) is 0. The Labute approximate surface area is 124 Å². The van der Waals surface area contributed by atoms with Crippen molar-refractivity contribution in [3.05, 3.63) is 30.1 Å². The Morgan fingerprint density at radius 3 is 3.10 bits per heavy atom. The van der Waals surface area contributed by atoms with Crippen molar-refractivity contribution < 1.29 is 9.90 Å². The van der Waals surface area contributed by atoms with Crippen LogP contribution in [0.4, 0.5) is 0 Å². The number of nitrogens with one attached hydrogen (secondary N) is 2. The number of hydrazine groups is 1. The second kappa shape index (κ2) is 6.51. The third kappa shape index (κ3) is 3.23. The summed E-state index contributed by atoms with van der Waals surface area (Å²) < 4.78 is 0. The van der Waals surface area contributed by atoms with E-state index in [-0.39, 0.29) is 5.92 Å². The van der Waals surface area contributed by atoms with E-state index in [0.29, 0.717) is 12.6 Å². The zero-order chi connectivity index (χ0) is 14.7. The van der Waals surface area contributed by atoms with E-state index in [0.717, 1.165) is 25.2 Å². The molecule has 0 amide bonds. The number of piperidine rings is 1. The highest BCUT2D eigenvalue weighted by molar-refractivity contribution is 5.74. The number of aromatic nitrogens is 1. The highest BCUT2D eigenvalue weighted by Crippen LogP contribution is 2.30. The lowest BCUT2D eigenvalue weighted by molar-refractivity contribution is -0.140. The minimum Gasteiger partial charge on any atom is -0.480 e. The fraction of sp³-hybridized carbons (Fsp3) is 0.600. The van der Waals surface area contributed by atoms with Gasteiger partial charge in [-0.15, -0.1) is 0 Å². The highest BCUT2D eigenvalue weighted by Gasteiger charge is 2.36. The van der Waals surface area contributed by atoms with Gasteiger partial charge in [-0.3, -0.25) is 20.1 Å². The van der Waals surface area contributed by atoms with E-state index >= 15 is 0 Å². The van der Waals surface area contributed by atoms with E-state index < -0.39 is 12.0 Å². The first-order chi connectivity index (χ1) is 10.3. The summed E-state index contributed by atoms with van der Waals surface area (Å²) in [5.41, 5.74) is 6.93. The lowest BCUT2D eigenvalue weighted by Gasteiger charge is -2.37. The summed E-state index contributed by atoms with van der Waals surface area (Å²) >= 11 is 0. The van der Waals surface area contributed by atoms with Gasteiger partial charge in [0.1, 0.15) is 6.04 Å². The van der Waals surface area contributed by atoms with Crippen LogP contribution in [0, 0.1) is 5.92 Å². The van der Waals surface area contributed by atoms with Gasteiger partial charge in [0.15, 0.2) is 0 Å². The summed E-state index contributed by atoms with van der Waals surface area (Å²) in [5.74, 6) is -0.691. The maximum atomic E-state index is 11.3. The molecule has 1 aromatic heterocycles. The molecule has 3 heterocycles. The first-order valence-electron chi connectivity index (χ1n) is 7.62. The molecule has 114 valence electrons. The largest absolute Gasteiger partial charge is 0.480 e. The monoisotopic (exact) mass is 290 g/mol. The number of carboxylic acids is 1. The Bertz CT molecular complexity index is 482. The molecule has 0 aromatic carbocycles. The molecule has 2 aliphatic rings. The molecule has 0 saturated carbocycles. The standard InChI is InChI=1S/C15H22N4O2/c20-15(21)14-11(9-17-18-14)10-19-8-4-2-6-13(19)12-5-1-3-7-16-12/h1,3,5,7,11,13-14,17-18H,2,4,6,8-10H2,(H,20,21). The Morgan fingerprint density at radius 2 is 2.33 bits per heavy atom. The molecule has 2 saturated heterocycles. The van der Waals surface area contributed by atoms with Crippen LogP contribution in [0.3, 0.4) is 0 Å². The molecule has 6 nitrogen and oxygen atoms in total. The van der Waals surface area contributed by atoms with Crippen molar-refractivity contribution in [2.75, 3.05) is 19.6 Å². The maximum Gasteiger partial charge on any atom is 0.322 e. The number of hydrogen-bond acceptors (Lipinski definition) is 5. The molecule has 1 aromatic rings. The van der Waals surface area contributed by atoms with Crippen LogP contribution >= 0.6 is 0 Å². The van der Waals surface area contributed by atoms with Gasteiger partial charge >= 0.3 is 5.97 Å². The van der Waals surface area contributed by atoms with Crippen LogP contribution in [0.25, 0.3) is 0 Å². The summed E-state index contributed by atoms with van der Waals surface area (Å²) in [5, 5.41) is 9.26. The van der Waals surface area contributed by atoms with Crippen molar-refractivity contribution in [1.29, 1.82) is 0 Å². The van der Waals surface area contributed by atoms with Gasteiger partial charge in [0.2, 0.25) is 0 Å². The van der Waals surface area contributed by atoms with Gasteiger partial charge in [-0.2, -0.15) is 0 Å². The van der Waals surface area contributed by atoms with E-state index in [1.165, 1.54) is 12.8 Å². The van der Waals surface area contributed by atoms with Crippen LogP contribution in [-0.2, 0) is 4.79 Å². The first kappa shape index (κ1) is 14.4. The number of hydrogen-bond donors (Lipinski definition) is 3. The van der Waals surface area contributed by atoms with E-state index in [1.807, 2.05) is 18.3 Å². The van der Waals surface area contributed by atoms with Crippen LogP contribution in [0.1, 0.15) is 31.0 Å². The van der Waals surface area contributed by atoms with Crippen LogP contribution in [-0.4, -0.2) is 46.6 Å². The molecule has 0 bridgehead atoms. The third-order valence-corrected chi connectivity index (χ3v) is 4.47. The van der Waals surface area contributed by atoms with Crippen molar-refractivity contribution in [3.8, 4) is 0 Å². The Morgan fingerprint density at radius 1 is 1.43 bits per heavy atom. The molecule has 3 atom stereocenters. The average Bonchev–Trinajstić information content (AvgIpc) is 2.97. The van der Waals surface area contributed by atoms with Crippen LogP contribution < -0.4 is 10.9 Å². The zero-order valence-electron chi connectivity index (χ0n) is 12.0. The highest BCUT2D eigenvalue weighted by atomic mass is 16.4. The minimum absolute atomic E-state index is 0.0896. The quantitative estimate of drug-likeness (QED) is 0.761. The molecule has 0 aliphatic carbocycles. The molecule has 3 N–H and O–H groups in total. The van der Waals surface area contributed by atoms with Crippen LogP contribution in [0.15, 0.2) is 24.4 Å².